The Balaban J connectivity index is 0.00000253. The van der Waals surface area contributed by atoms with E-state index in [2.05, 4.69) is 10.8 Å². The standard InChI is InChI=1S/C27H22F2NO4.ClH/c1-31-23-6-4-17-19(9-15-3-5-21(28)22(29)10-15)26-18-12-25-24(33-14-34-25)11-16(18)7-8-30(26)13-20(17)27(23)32-2;/h3-6,10-13H,7-9,14H2,1-2H3;1H/q+1;/p-1. The Hall–Kier alpha value is -3.58. The van der Waals surface area contributed by atoms with Gasteiger partial charge in [-0.15, -0.1) is 0 Å². The van der Waals surface area contributed by atoms with Crippen molar-refractivity contribution in [3.63, 3.8) is 0 Å². The first kappa shape index (κ1) is 23.2. The van der Waals surface area contributed by atoms with E-state index in [1.807, 2.05) is 24.3 Å². The topological polar surface area (TPSA) is 40.8 Å². The molecule has 0 saturated carbocycles. The zero-order valence-corrected chi connectivity index (χ0v) is 19.9. The number of nitrogens with zero attached hydrogens (tertiary/aromatic N) is 1. The quantitative estimate of drug-likeness (QED) is 0.404. The van der Waals surface area contributed by atoms with Gasteiger partial charge in [0.1, 0.15) is 0 Å². The molecule has 3 aromatic carbocycles. The summed E-state index contributed by atoms with van der Waals surface area (Å²) in [6.07, 6.45) is 3.31. The third-order valence-electron chi connectivity index (χ3n) is 6.61. The number of halogens is 3. The molecule has 3 heterocycles. The molecule has 0 bridgehead atoms. The van der Waals surface area contributed by atoms with Gasteiger partial charge in [-0.25, -0.2) is 8.78 Å². The van der Waals surface area contributed by atoms with Crippen LogP contribution in [-0.4, -0.2) is 21.0 Å². The zero-order valence-electron chi connectivity index (χ0n) is 19.2. The molecule has 0 radical (unpaired) electrons. The van der Waals surface area contributed by atoms with Crippen molar-refractivity contribution >= 4 is 10.8 Å². The van der Waals surface area contributed by atoms with Crippen LogP contribution >= 0.6 is 0 Å². The van der Waals surface area contributed by atoms with Gasteiger partial charge in [0.25, 0.3) is 0 Å². The Morgan fingerprint density at radius 3 is 2.46 bits per heavy atom. The average Bonchev–Trinajstić information content (AvgIpc) is 3.31. The normalized spacial score (nSPS) is 13.1. The maximum atomic E-state index is 14.1. The van der Waals surface area contributed by atoms with E-state index in [4.69, 9.17) is 18.9 Å². The van der Waals surface area contributed by atoms with Crippen LogP contribution in [0.4, 0.5) is 8.78 Å². The molecule has 2 aliphatic heterocycles. The van der Waals surface area contributed by atoms with Crippen LogP contribution in [0.5, 0.6) is 23.0 Å². The van der Waals surface area contributed by atoms with E-state index < -0.39 is 11.6 Å². The summed E-state index contributed by atoms with van der Waals surface area (Å²) in [5, 5.41) is 1.85. The summed E-state index contributed by atoms with van der Waals surface area (Å²) in [5.41, 5.74) is 4.89. The molecule has 6 rings (SSSR count). The van der Waals surface area contributed by atoms with Crippen molar-refractivity contribution < 1.29 is 44.7 Å². The molecule has 0 amide bonds. The van der Waals surface area contributed by atoms with Crippen molar-refractivity contribution in [2.24, 2.45) is 0 Å². The molecule has 0 fully saturated rings. The minimum absolute atomic E-state index is 0. The van der Waals surface area contributed by atoms with Crippen LogP contribution in [0, 0.1) is 11.6 Å². The summed E-state index contributed by atoms with van der Waals surface area (Å²) in [6.45, 7) is 0.956. The molecule has 0 spiro atoms. The number of methoxy groups -OCH3 is 2. The van der Waals surface area contributed by atoms with Crippen molar-refractivity contribution in [3.05, 3.63) is 77.0 Å². The van der Waals surface area contributed by atoms with E-state index in [-0.39, 0.29) is 19.2 Å². The van der Waals surface area contributed by atoms with Gasteiger partial charge in [0.15, 0.2) is 47.4 Å². The molecule has 35 heavy (non-hydrogen) atoms. The van der Waals surface area contributed by atoms with Crippen LogP contribution in [0.25, 0.3) is 22.0 Å². The molecule has 0 atom stereocenters. The zero-order chi connectivity index (χ0) is 23.4. The average molecular weight is 498 g/mol. The molecular formula is C27H22ClF2NO4. The van der Waals surface area contributed by atoms with Crippen molar-refractivity contribution in [2.45, 2.75) is 19.4 Å². The fourth-order valence-corrected chi connectivity index (χ4v) is 5.04. The minimum Gasteiger partial charge on any atom is -1.00 e. The van der Waals surface area contributed by atoms with Gasteiger partial charge in [-0.1, -0.05) is 6.07 Å². The van der Waals surface area contributed by atoms with E-state index >= 15 is 0 Å². The smallest absolute Gasteiger partial charge is 0.231 e. The summed E-state index contributed by atoms with van der Waals surface area (Å²) in [7, 11) is 3.22. The Bertz CT molecular complexity index is 1470. The van der Waals surface area contributed by atoms with E-state index in [1.54, 1.807) is 20.3 Å². The second-order valence-electron chi connectivity index (χ2n) is 8.45. The number of pyridine rings is 1. The maximum absolute atomic E-state index is 14.1. The first-order chi connectivity index (χ1) is 16.6. The van der Waals surface area contributed by atoms with Gasteiger partial charge in [-0.05, 0) is 47.5 Å². The monoisotopic (exact) mass is 497 g/mol. The molecule has 0 saturated heterocycles. The molecular weight excluding hydrogens is 476 g/mol. The summed E-state index contributed by atoms with van der Waals surface area (Å²) in [6, 6.07) is 12.0. The van der Waals surface area contributed by atoms with E-state index in [1.165, 1.54) is 12.1 Å². The van der Waals surface area contributed by atoms with E-state index in [0.29, 0.717) is 29.2 Å². The molecule has 180 valence electrons. The predicted octanol–water partition coefficient (Wildman–Crippen LogP) is 1.97. The number of ether oxygens (including phenoxy) is 4. The predicted molar refractivity (Wildman–Crippen MR) is 122 cm³/mol. The first-order valence-corrected chi connectivity index (χ1v) is 11.0. The van der Waals surface area contributed by atoms with Crippen LogP contribution in [0.3, 0.4) is 0 Å². The second-order valence-corrected chi connectivity index (χ2v) is 8.45. The van der Waals surface area contributed by atoms with Gasteiger partial charge in [-0.3, -0.25) is 0 Å². The van der Waals surface area contributed by atoms with Gasteiger partial charge in [0.2, 0.25) is 12.5 Å². The lowest BCUT2D eigenvalue weighted by Gasteiger charge is -2.21. The Morgan fingerprint density at radius 2 is 1.71 bits per heavy atom. The fourth-order valence-electron chi connectivity index (χ4n) is 5.04. The Labute approximate surface area is 207 Å². The summed E-state index contributed by atoms with van der Waals surface area (Å²) in [4.78, 5) is 0. The number of rotatable bonds is 4. The Kier molecular flexibility index (Phi) is 5.89. The molecule has 0 unspecified atom stereocenters. The molecule has 2 aliphatic rings. The van der Waals surface area contributed by atoms with Crippen molar-refractivity contribution in [1.29, 1.82) is 0 Å². The molecule has 4 aromatic rings. The van der Waals surface area contributed by atoms with Crippen LogP contribution in [0.1, 0.15) is 16.7 Å². The highest BCUT2D eigenvalue weighted by atomic mass is 35.5. The number of fused-ring (bicyclic) bond motifs is 5. The van der Waals surface area contributed by atoms with Gasteiger partial charge in [0, 0.05) is 23.8 Å². The number of hydrogen-bond donors (Lipinski definition) is 0. The number of hydrogen-bond acceptors (Lipinski definition) is 4. The fraction of sp³-hybridized carbons (Fsp3) is 0.222. The summed E-state index contributed by atoms with van der Waals surface area (Å²) in [5.74, 6) is 1.01. The maximum Gasteiger partial charge on any atom is 0.231 e. The molecule has 0 N–H and O–H groups in total. The summed E-state index contributed by atoms with van der Waals surface area (Å²) < 4.78 is 52.4. The molecule has 8 heteroatoms. The molecule has 1 aromatic heterocycles. The van der Waals surface area contributed by atoms with Crippen molar-refractivity contribution in [1.82, 2.24) is 0 Å². The van der Waals surface area contributed by atoms with Gasteiger partial charge >= 0.3 is 0 Å². The van der Waals surface area contributed by atoms with E-state index in [9.17, 15) is 8.78 Å². The highest BCUT2D eigenvalue weighted by molar-refractivity contribution is 5.95. The highest BCUT2D eigenvalue weighted by Gasteiger charge is 2.32. The minimum atomic E-state index is -0.859. The largest absolute Gasteiger partial charge is 1.00 e. The first-order valence-electron chi connectivity index (χ1n) is 11.0. The van der Waals surface area contributed by atoms with Gasteiger partial charge < -0.3 is 31.4 Å². The number of aryl methyl sites for hydroxylation is 2. The second kappa shape index (κ2) is 8.89. The molecule has 5 nitrogen and oxygen atoms in total. The lowest BCUT2D eigenvalue weighted by atomic mass is 9.88. The molecule has 0 aliphatic carbocycles. The highest BCUT2D eigenvalue weighted by Crippen LogP contribution is 2.44. The van der Waals surface area contributed by atoms with Crippen LogP contribution in [0.15, 0.2) is 48.7 Å². The van der Waals surface area contributed by atoms with Crippen LogP contribution < -0.4 is 35.9 Å². The Morgan fingerprint density at radius 1 is 0.914 bits per heavy atom. The van der Waals surface area contributed by atoms with Crippen LogP contribution in [0.2, 0.25) is 0 Å². The van der Waals surface area contributed by atoms with Crippen LogP contribution in [-0.2, 0) is 19.4 Å². The SMILES string of the molecule is COc1ccc2c(Cc3ccc(F)c(F)c3)c3[n+](cc2c1OC)CCc1cc2c(cc1-3)OCO2.[Cl-]. The number of benzene rings is 3. The lowest BCUT2D eigenvalue weighted by Crippen LogP contribution is -3.00. The van der Waals surface area contributed by atoms with E-state index in [0.717, 1.165) is 51.9 Å². The summed E-state index contributed by atoms with van der Waals surface area (Å²) >= 11 is 0. The third kappa shape index (κ3) is 3.71. The van der Waals surface area contributed by atoms with Gasteiger partial charge in [-0.2, -0.15) is 4.57 Å². The number of aromatic nitrogens is 1. The van der Waals surface area contributed by atoms with Crippen molar-refractivity contribution in [2.75, 3.05) is 21.0 Å². The van der Waals surface area contributed by atoms with Gasteiger partial charge in [0.05, 0.1) is 25.2 Å². The lowest BCUT2D eigenvalue weighted by molar-refractivity contribution is -0.686. The third-order valence-corrected chi connectivity index (χ3v) is 6.61. The van der Waals surface area contributed by atoms with Crippen molar-refractivity contribution in [3.8, 4) is 34.3 Å².